The molecular formula is C22H33ClN4O4. The maximum Gasteiger partial charge on any atom is 0.315 e. The van der Waals surface area contributed by atoms with E-state index in [9.17, 15) is 19.2 Å². The molecule has 3 N–H and O–H groups in total. The van der Waals surface area contributed by atoms with Gasteiger partial charge in [-0.1, -0.05) is 6.92 Å². The van der Waals surface area contributed by atoms with Gasteiger partial charge in [0.1, 0.15) is 6.04 Å². The summed E-state index contributed by atoms with van der Waals surface area (Å²) >= 11 is 6.34. The molecule has 0 aromatic heterocycles. The number of carbonyl (C=O) groups excluding carboxylic acids is 4. The molecule has 4 rings (SSSR count). The Hall–Kier alpha value is -1.83. The minimum absolute atomic E-state index is 0.0260. The third-order valence-electron chi connectivity index (χ3n) is 7.70. The number of piperidine rings is 1. The summed E-state index contributed by atoms with van der Waals surface area (Å²) in [5.41, 5.74) is 0. The highest BCUT2D eigenvalue weighted by Gasteiger charge is 2.48. The van der Waals surface area contributed by atoms with E-state index in [4.69, 9.17) is 11.6 Å². The lowest BCUT2D eigenvalue weighted by atomic mass is 9.75. The summed E-state index contributed by atoms with van der Waals surface area (Å²) in [4.78, 5) is 50.7. The maximum absolute atomic E-state index is 13.0. The van der Waals surface area contributed by atoms with E-state index >= 15 is 0 Å². The summed E-state index contributed by atoms with van der Waals surface area (Å²) in [5.74, 6) is 0.316. The van der Waals surface area contributed by atoms with Crippen LogP contribution in [0.2, 0.25) is 0 Å². The van der Waals surface area contributed by atoms with E-state index < -0.39 is 6.04 Å². The Bertz CT molecular complexity index is 747. The number of amides is 5. The molecule has 0 aromatic carbocycles. The highest BCUT2D eigenvalue weighted by atomic mass is 35.5. The van der Waals surface area contributed by atoms with Gasteiger partial charge in [-0.2, -0.15) is 0 Å². The molecule has 7 atom stereocenters. The van der Waals surface area contributed by atoms with Crippen molar-refractivity contribution in [3.8, 4) is 0 Å². The largest absolute Gasteiger partial charge is 0.338 e. The number of urea groups is 1. The molecule has 172 valence electrons. The topological polar surface area (TPSA) is 108 Å². The monoisotopic (exact) mass is 452 g/mol. The highest BCUT2D eigenvalue weighted by molar-refractivity contribution is 6.20. The molecule has 0 aromatic rings. The van der Waals surface area contributed by atoms with Crippen LogP contribution in [0.5, 0.6) is 0 Å². The molecule has 0 bridgehead atoms. The summed E-state index contributed by atoms with van der Waals surface area (Å²) in [5, 5.41) is 8.49. The van der Waals surface area contributed by atoms with Crippen molar-refractivity contribution in [2.45, 2.75) is 75.8 Å². The zero-order valence-corrected chi connectivity index (χ0v) is 18.8. The standard InChI is InChI=1S/C22H33ClN4O4/c1-12-2-5-15(9-17(12)23)25-22(31)24-10-13-3-4-14-11-27(21(30)16(14)8-13)18-6-7-19(28)26-20(18)29/h12-18H,2-11H2,1H3,(H2,24,25,31)(H,26,28,29). The van der Waals surface area contributed by atoms with Gasteiger partial charge >= 0.3 is 6.03 Å². The van der Waals surface area contributed by atoms with Crippen molar-refractivity contribution in [2.75, 3.05) is 13.1 Å². The van der Waals surface area contributed by atoms with Crippen molar-refractivity contribution in [1.82, 2.24) is 20.9 Å². The number of nitrogens with zero attached hydrogens (tertiary/aromatic N) is 1. The number of carbonyl (C=O) groups is 4. The average molecular weight is 453 g/mol. The predicted molar refractivity (Wildman–Crippen MR) is 115 cm³/mol. The van der Waals surface area contributed by atoms with Gasteiger partial charge in [0, 0.05) is 36.8 Å². The summed E-state index contributed by atoms with van der Waals surface area (Å²) in [6.07, 6.45) is 6.08. The van der Waals surface area contributed by atoms with Gasteiger partial charge in [0.25, 0.3) is 0 Å². The molecule has 8 nitrogen and oxygen atoms in total. The molecule has 2 aliphatic heterocycles. The minimum Gasteiger partial charge on any atom is -0.338 e. The SMILES string of the molecule is CC1CCC(NC(=O)NCC2CCC3CN(C4CCC(=O)NC4=O)C(=O)C3C2)CC1Cl. The van der Waals surface area contributed by atoms with E-state index in [0.29, 0.717) is 25.4 Å². The number of likely N-dealkylation sites (tertiary alicyclic amines) is 1. The summed E-state index contributed by atoms with van der Waals surface area (Å²) in [7, 11) is 0. The van der Waals surface area contributed by atoms with Crippen LogP contribution in [0.1, 0.15) is 58.3 Å². The van der Waals surface area contributed by atoms with Gasteiger partial charge in [0.2, 0.25) is 17.7 Å². The lowest BCUT2D eigenvalue weighted by Crippen LogP contribution is -2.53. The Labute approximate surface area is 188 Å². The van der Waals surface area contributed by atoms with Crippen molar-refractivity contribution in [1.29, 1.82) is 0 Å². The third-order valence-corrected chi connectivity index (χ3v) is 8.31. The number of halogens is 1. The smallest absolute Gasteiger partial charge is 0.315 e. The lowest BCUT2D eigenvalue weighted by molar-refractivity contribution is -0.144. The van der Waals surface area contributed by atoms with Crippen molar-refractivity contribution < 1.29 is 19.2 Å². The Morgan fingerprint density at radius 2 is 1.94 bits per heavy atom. The number of nitrogens with one attached hydrogen (secondary N) is 3. The molecule has 4 fully saturated rings. The van der Waals surface area contributed by atoms with Crippen LogP contribution in [0.25, 0.3) is 0 Å². The van der Waals surface area contributed by atoms with Crippen LogP contribution < -0.4 is 16.0 Å². The molecule has 0 radical (unpaired) electrons. The van der Waals surface area contributed by atoms with Crippen molar-refractivity contribution in [3.05, 3.63) is 0 Å². The van der Waals surface area contributed by atoms with Gasteiger partial charge in [-0.3, -0.25) is 19.7 Å². The first-order valence-corrected chi connectivity index (χ1v) is 12.1. The summed E-state index contributed by atoms with van der Waals surface area (Å²) < 4.78 is 0. The van der Waals surface area contributed by atoms with Crippen molar-refractivity contribution in [3.63, 3.8) is 0 Å². The minimum atomic E-state index is -0.526. The zero-order valence-electron chi connectivity index (χ0n) is 18.1. The molecule has 2 aliphatic carbocycles. The molecule has 4 aliphatic rings. The Balaban J connectivity index is 1.24. The van der Waals surface area contributed by atoms with Gasteiger partial charge < -0.3 is 15.5 Å². The average Bonchev–Trinajstić information content (AvgIpc) is 3.05. The van der Waals surface area contributed by atoms with Gasteiger partial charge in [-0.15, -0.1) is 11.6 Å². The van der Waals surface area contributed by atoms with Gasteiger partial charge in [0.15, 0.2) is 0 Å². The first-order chi connectivity index (χ1) is 14.8. The zero-order chi connectivity index (χ0) is 22.1. The van der Waals surface area contributed by atoms with Gasteiger partial charge in [-0.25, -0.2) is 4.79 Å². The van der Waals surface area contributed by atoms with Crippen molar-refractivity contribution in [2.24, 2.45) is 23.7 Å². The second-order valence-corrected chi connectivity index (χ2v) is 10.4. The molecule has 31 heavy (non-hydrogen) atoms. The van der Waals surface area contributed by atoms with E-state index in [1.54, 1.807) is 4.90 Å². The van der Waals surface area contributed by atoms with Crippen molar-refractivity contribution >= 4 is 35.4 Å². The van der Waals surface area contributed by atoms with Crippen LogP contribution >= 0.6 is 11.6 Å². The fourth-order valence-electron chi connectivity index (χ4n) is 5.71. The van der Waals surface area contributed by atoms with E-state index in [1.165, 1.54) is 0 Å². The number of hydrogen-bond acceptors (Lipinski definition) is 4. The number of hydrogen-bond donors (Lipinski definition) is 3. The quantitative estimate of drug-likeness (QED) is 0.446. The van der Waals surface area contributed by atoms with E-state index in [-0.39, 0.29) is 59.3 Å². The number of alkyl halides is 1. The number of imide groups is 1. The molecule has 2 saturated heterocycles. The normalized spacial score (nSPS) is 38.5. The molecule has 2 saturated carbocycles. The van der Waals surface area contributed by atoms with Crippen LogP contribution in [-0.4, -0.2) is 59.2 Å². The van der Waals surface area contributed by atoms with E-state index in [2.05, 4.69) is 22.9 Å². The van der Waals surface area contributed by atoms with Crippen LogP contribution in [0, 0.1) is 23.7 Å². The molecule has 9 heteroatoms. The molecule has 0 spiro atoms. The van der Waals surface area contributed by atoms with Crippen LogP contribution in [0.15, 0.2) is 0 Å². The van der Waals surface area contributed by atoms with E-state index in [0.717, 1.165) is 38.5 Å². The molecule has 5 amide bonds. The Morgan fingerprint density at radius 3 is 2.68 bits per heavy atom. The summed E-state index contributed by atoms with van der Waals surface area (Å²) in [6.45, 7) is 3.29. The second-order valence-electron chi connectivity index (χ2n) is 9.86. The second kappa shape index (κ2) is 9.35. The van der Waals surface area contributed by atoms with Crippen LogP contribution in [-0.2, 0) is 14.4 Å². The number of fused-ring (bicyclic) bond motifs is 1. The molecular weight excluding hydrogens is 420 g/mol. The number of rotatable bonds is 4. The lowest BCUT2D eigenvalue weighted by Gasteiger charge is -2.32. The fourth-order valence-corrected chi connectivity index (χ4v) is 6.06. The Kier molecular flexibility index (Phi) is 6.74. The highest BCUT2D eigenvalue weighted by Crippen LogP contribution is 2.41. The Morgan fingerprint density at radius 1 is 1.13 bits per heavy atom. The first-order valence-electron chi connectivity index (χ1n) is 11.6. The fraction of sp³-hybridized carbons (Fsp3) is 0.818. The maximum atomic E-state index is 13.0. The predicted octanol–water partition coefficient (Wildman–Crippen LogP) is 1.76. The van der Waals surface area contributed by atoms with Crippen LogP contribution in [0.3, 0.4) is 0 Å². The molecule has 7 unspecified atom stereocenters. The van der Waals surface area contributed by atoms with Gasteiger partial charge in [-0.05, 0) is 62.7 Å². The van der Waals surface area contributed by atoms with E-state index in [1.807, 2.05) is 0 Å². The van der Waals surface area contributed by atoms with Gasteiger partial charge in [0.05, 0.1) is 0 Å². The molecule has 2 heterocycles. The first kappa shape index (κ1) is 22.4. The summed E-state index contributed by atoms with van der Waals surface area (Å²) in [6, 6.07) is -0.566. The third kappa shape index (κ3) is 4.99. The van der Waals surface area contributed by atoms with Crippen LogP contribution in [0.4, 0.5) is 4.79 Å².